The molecule has 1 amide bonds. The molecule has 1 atom stereocenters. The fourth-order valence-electron chi connectivity index (χ4n) is 4.22. The molecule has 6 heterocycles. The van der Waals surface area contributed by atoms with Gasteiger partial charge < -0.3 is 19.0 Å². The van der Waals surface area contributed by atoms with Crippen LogP contribution in [0.5, 0.6) is 5.75 Å². The van der Waals surface area contributed by atoms with Gasteiger partial charge in [-0.2, -0.15) is 5.10 Å². The zero-order valence-corrected chi connectivity index (χ0v) is 18.5. The number of carbonyl (C=O) groups excluding carboxylic acids is 1. The molecule has 1 N–H and O–H groups in total. The summed E-state index contributed by atoms with van der Waals surface area (Å²) in [5.74, 6) is -2.56. The zero-order chi connectivity index (χ0) is 25.7. The van der Waals surface area contributed by atoms with Gasteiger partial charge >= 0.3 is 18.2 Å². The highest BCUT2D eigenvalue weighted by Crippen LogP contribution is 2.36. The van der Waals surface area contributed by atoms with Crippen LogP contribution in [0.2, 0.25) is 0 Å². The van der Waals surface area contributed by atoms with Crippen molar-refractivity contribution >= 4 is 11.4 Å². The van der Waals surface area contributed by atoms with Crippen molar-refractivity contribution in [1.82, 2.24) is 39.7 Å². The molecule has 0 spiro atoms. The first-order valence-electron chi connectivity index (χ1n) is 10.8. The molecule has 0 saturated carbocycles. The predicted octanol–water partition coefficient (Wildman–Crippen LogP) is 3.33. The molecule has 1 aliphatic rings. The quantitative estimate of drug-likeness (QED) is 0.362. The minimum atomic E-state index is -4.91. The number of alkyl halides is 3. The number of aromatic nitrogens is 7. The van der Waals surface area contributed by atoms with E-state index in [0.29, 0.717) is 12.1 Å². The van der Waals surface area contributed by atoms with Gasteiger partial charge in [-0.1, -0.05) is 0 Å². The van der Waals surface area contributed by atoms with Crippen molar-refractivity contribution in [3.05, 3.63) is 77.8 Å². The van der Waals surface area contributed by atoms with Crippen LogP contribution in [0.4, 0.5) is 17.6 Å². The van der Waals surface area contributed by atoms with Gasteiger partial charge in [-0.15, -0.1) is 23.4 Å². The summed E-state index contributed by atoms with van der Waals surface area (Å²) in [6.07, 6.45) is -0.257. The number of rotatable bonds is 4. The van der Waals surface area contributed by atoms with Gasteiger partial charge in [-0.25, -0.2) is 18.9 Å². The van der Waals surface area contributed by atoms with Crippen molar-refractivity contribution in [3.63, 3.8) is 0 Å². The number of aromatic amines is 1. The van der Waals surface area contributed by atoms with Crippen LogP contribution in [-0.2, 0) is 6.42 Å². The molecule has 0 bridgehead atoms. The van der Waals surface area contributed by atoms with Gasteiger partial charge in [-0.05, 0) is 30.3 Å². The molecule has 11 nitrogen and oxygen atoms in total. The van der Waals surface area contributed by atoms with E-state index in [9.17, 15) is 22.4 Å². The molecular formula is C22H14F4N8O3. The van der Waals surface area contributed by atoms with E-state index in [2.05, 4.69) is 35.0 Å². The summed E-state index contributed by atoms with van der Waals surface area (Å²) in [5, 5.41) is 11.9. The van der Waals surface area contributed by atoms with E-state index in [1.165, 1.54) is 46.3 Å². The van der Waals surface area contributed by atoms with Gasteiger partial charge in [0.25, 0.3) is 5.89 Å². The maximum Gasteiger partial charge on any atom is 0.573 e. The van der Waals surface area contributed by atoms with Crippen molar-refractivity contribution in [3.8, 4) is 17.3 Å². The Balaban J connectivity index is 1.40. The summed E-state index contributed by atoms with van der Waals surface area (Å²) in [4.78, 5) is 26.0. The number of hydrogen-bond donors (Lipinski definition) is 1. The molecule has 0 fully saturated rings. The third-order valence-electron chi connectivity index (χ3n) is 5.74. The van der Waals surface area contributed by atoms with E-state index in [0.717, 1.165) is 17.8 Å². The van der Waals surface area contributed by atoms with Gasteiger partial charge in [-0.3, -0.25) is 4.79 Å². The number of amides is 1. The number of ether oxygens (including phenoxy) is 1. The molecule has 5 aromatic rings. The molecule has 0 radical (unpaired) electrons. The van der Waals surface area contributed by atoms with Crippen molar-refractivity contribution < 1.29 is 31.5 Å². The Morgan fingerprint density at radius 3 is 2.86 bits per heavy atom. The standard InChI is InChI=1S/C22H14F4N8O3/c23-11-3-1-6-27-16(11)19-30-31-20(36-19)21(35)33-8-5-12-17(29-10-28-12)18(33)13-9-14-15(37-22(24,25)26)4-2-7-34(14)32-13/h1-4,6-7,9-10,18H,5,8H2,(H,28,29)/t18-/m1/s1. The number of carbonyl (C=O) groups is 1. The predicted molar refractivity (Wildman–Crippen MR) is 115 cm³/mol. The lowest BCUT2D eigenvalue weighted by Crippen LogP contribution is -2.41. The molecule has 1 aliphatic heterocycles. The second-order valence-corrected chi connectivity index (χ2v) is 7.98. The lowest BCUT2D eigenvalue weighted by molar-refractivity contribution is -0.274. The van der Waals surface area contributed by atoms with Crippen molar-refractivity contribution in [2.24, 2.45) is 0 Å². The summed E-state index contributed by atoms with van der Waals surface area (Å²) < 4.78 is 63.7. The van der Waals surface area contributed by atoms with E-state index in [-0.39, 0.29) is 29.3 Å². The fourth-order valence-corrected chi connectivity index (χ4v) is 4.22. The fraction of sp³-hybridized carbons (Fsp3) is 0.182. The second-order valence-electron chi connectivity index (χ2n) is 7.98. The number of hydrogen-bond acceptors (Lipinski definition) is 8. The van der Waals surface area contributed by atoms with Crippen LogP contribution >= 0.6 is 0 Å². The van der Waals surface area contributed by atoms with Crippen molar-refractivity contribution in [1.29, 1.82) is 0 Å². The largest absolute Gasteiger partial charge is 0.573 e. The van der Waals surface area contributed by atoms with Crippen molar-refractivity contribution in [2.75, 3.05) is 6.54 Å². The average Bonchev–Trinajstić information content (AvgIpc) is 3.61. The summed E-state index contributed by atoms with van der Waals surface area (Å²) in [6.45, 7) is 0.175. The number of imidazole rings is 1. The van der Waals surface area contributed by atoms with Crippen LogP contribution in [0.15, 0.2) is 53.5 Å². The van der Waals surface area contributed by atoms with Crippen LogP contribution < -0.4 is 4.74 Å². The van der Waals surface area contributed by atoms with Crippen LogP contribution in [0.1, 0.15) is 33.8 Å². The van der Waals surface area contributed by atoms with Crippen LogP contribution in [0.3, 0.4) is 0 Å². The summed E-state index contributed by atoms with van der Waals surface area (Å²) in [5.41, 5.74) is 1.25. The Labute approximate surface area is 203 Å². The molecule has 0 saturated heterocycles. The Morgan fingerprint density at radius 2 is 2.05 bits per heavy atom. The molecule has 15 heteroatoms. The number of halogens is 4. The normalized spacial score (nSPS) is 15.7. The molecule has 6 rings (SSSR count). The van der Waals surface area contributed by atoms with E-state index in [1.807, 2.05) is 0 Å². The number of H-pyrrole nitrogens is 1. The van der Waals surface area contributed by atoms with E-state index in [4.69, 9.17) is 4.42 Å². The second kappa shape index (κ2) is 8.39. The first-order chi connectivity index (χ1) is 17.8. The smallest absolute Gasteiger partial charge is 0.411 e. The SMILES string of the molecule is O=C(c1nnc(-c2ncccc2F)o1)N1CCc2[nH]cnc2[C@H]1c1cc2c(OC(F)(F)F)cccn2n1. The highest BCUT2D eigenvalue weighted by Gasteiger charge is 2.39. The summed E-state index contributed by atoms with van der Waals surface area (Å²) >= 11 is 0. The molecule has 0 aliphatic carbocycles. The maximum absolute atomic E-state index is 14.1. The van der Waals surface area contributed by atoms with E-state index < -0.39 is 35.8 Å². The molecule has 0 aromatic carbocycles. The Morgan fingerprint density at radius 1 is 1.19 bits per heavy atom. The lowest BCUT2D eigenvalue weighted by Gasteiger charge is -2.32. The summed E-state index contributed by atoms with van der Waals surface area (Å²) in [7, 11) is 0. The minimum absolute atomic E-state index is 0.0376. The number of pyridine rings is 2. The maximum atomic E-state index is 14.1. The first-order valence-corrected chi connectivity index (χ1v) is 10.8. The van der Waals surface area contributed by atoms with Gasteiger partial charge in [0.15, 0.2) is 17.3 Å². The van der Waals surface area contributed by atoms with Crippen molar-refractivity contribution in [2.45, 2.75) is 18.8 Å². The van der Waals surface area contributed by atoms with E-state index in [1.54, 1.807) is 0 Å². The van der Waals surface area contributed by atoms with Crippen LogP contribution in [0, 0.1) is 5.82 Å². The van der Waals surface area contributed by atoms with E-state index >= 15 is 0 Å². The van der Waals surface area contributed by atoms with Crippen LogP contribution in [0.25, 0.3) is 17.1 Å². The van der Waals surface area contributed by atoms with Gasteiger partial charge in [0, 0.05) is 31.1 Å². The number of fused-ring (bicyclic) bond motifs is 2. The third-order valence-corrected chi connectivity index (χ3v) is 5.74. The highest BCUT2D eigenvalue weighted by atomic mass is 19.4. The molecule has 5 aromatic heterocycles. The third kappa shape index (κ3) is 4.03. The molecular weight excluding hydrogens is 500 g/mol. The Hall–Kier alpha value is -4.82. The zero-order valence-electron chi connectivity index (χ0n) is 18.5. The van der Waals surface area contributed by atoms with Gasteiger partial charge in [0.05, 0.1) is 17.7 Å². The number of nitrogens with one attached hydrogen (secondary N) is 1. The average molecular weight is 514 g/mol. The monoisotopic (exact) mass is 514 g/mol. The van der Waals surface area contributed by atoms with Crippen LogP contribution in [-0.4, -0.2) is 58.5 Å². The van der Waals surface area contributed by atoms with Gasteiger partial charge in [0.2, 0.25) is 0 Å². The minimum Gasteiger partial charge on any atom is -0.411 e. The number of nitrogens with zero attached hydrogens (tertiary/aromatic N) is 7. The Bertz CT molecular complexity index is 1630. The topological polar surface area (TPSA) is 127 Å². The Kier molecular flexibility index (Phi) is 5.13. The van der Waals surface area contributed by atoms with Gasteiger partial charge in [0.1, 0.15) is 11.6 Å². The molecule has 0 unspecified atom stereocenters. The first kappa shape index (κ1) is 22.6. The lowest BCUT2D eigenvalue weighted by atomic mass is 9.99. The molecule has 188 valence electrons. The highest BCUT2D eigenvalue weighted by molar-refractivity contribution is 5.90. The molecule has 37 heavy (non-hydrogen) atoms. The summed E-state index contributed by atoms with van der Waals surface area (Å²) in [6, 6.07) is 5.55.